The van der Waals surface area contributed by atoms with E-state index in [-0.39, 0.29) is 5.91 Å². The summed E-state index contributed by atoms with van der Waals surface area (Å²) in [5.74, 6) is 0.546. The molecule has 2 aromatic heterocycles. The van der Waals surface area contributed by atoms with E-state index in [0.29, 0.717) is 10.6 Å². The molecule has 0 saturated heterocycles. The van der Waals surface area contributed by atoms with Crippen molar-refractivity contribution in [2.75, 3.05) is 18.2 Å². The predicted octanol–water partition coefficient (Wildman–Crippen LogP) is 7.09. The van der Waals surface area contributed by atoms with Crippen LogP contribution < -0.4 is 15.8 Å². The fourth-order valence-corrected chi connectivity index (χ4v) is 5.29. The molecular weight excluding hydrogens is 454 g/mol. The number of rotatable bonds is 5. The molecule has 0 spiro atoms. The molecule has 0 radical (unpaired) electrons. The van der Waals surface area contributed by atoms with Crippen molar-refractivity contribution >= 4 is 38.8 Å². The van der Waals surface area contributed by atoms with E-state index in [1.165, 1.54) is 11.3 Å². The number of fused-ring (bicyclic) bond motifs is 1. The highest BCUT2D eigenvalue weighted by atomic mass is 32.1. The summed E-state index contributed by atoms with van der Waals surface area (Å²) in [6.07, 6.45) is 0. The van der Waals surface area contributed by atoms with Gasteiger partial charge in [0.1, 0.15) is 15.5 Å². The summed E-state index contributed by atoms with van der Waals surface area (Å²) in [7, 11) is 1.64. The number of carbonyl (C=O) groups excluding carboxylic acids is 1. The zero-order chi connectivity index (χ0) is 24.5. The fraction of sp³-hybridized carbons (Fsp3) is 0.103. The van der Waals surface area contributed by atoms with E-state index in [4.69, 9.17) is 15.5 Å². The van der Waals surface area contributed by atoms with Crippen molar-refractivity contribution in [2.45, 2.75) is 13.8 Å². The molecule has 0 fully saturated rings. The molecule has 5 aromatic rings. The van der Waals surface area contributed by atoms with Gasteiger partial charge in [0.25, 0.3) is 5.91 Å². The molecule has 2 heterocycles. The number of nitrogens with two attached hydrogens (primary N) is 1. The van der Waals surface area contributed by atoms with Crippen molar-refractivity contribution in [3.8, 4) is 28.1 Å². The van der Waals surface area contributed by atoms with E-state index in [1.54, 1.807) is 7.11 Å². The molecule has 174 valence electrons. The number of hydrogen-bond acceptors (Lipinski definition) is 5. The summed E-state index contributed by atoms with van der Waals surface area (Å²) < 4.78 is 5.30. The number of aryl methyl sites for hydroxylation is 2. The highest BCUT2D eigenvalue weighted by Gasteiger charge is 2.22. The zero-order valence-corrected chi connectivity index (χ0v) is 20.6. The number of ether oxygens (including phenoxy) is 1. The lowest BCUT2D eigenvalue weighted by atomic mass is 9.99. The average Bonchev–Trinajstić information content (AvgIpc) is 3.20. The van der Waals surface area contributed by atoms with Gasteiger partial charge in [0, 0.05) is 16.6 Å². The van der Waals surface area contributed by atoms with E-state index >= 15 is 0 Å². The van der Waals surface area contributed by atoms with E-state index in [1.807, 2.05) is 86.6 Å². The van der Waals surface area contributed by atoms with Crippen molar-refractivity contribution < 1.29 is 9.53 Å². The first-order valence-electron chi connectivity index (χ1n) is 11.3. The minimum absolute atomic E-state index is 0.236. The standard InChI is InChI=1S/C29H25N3O2S/c1-17-13-18(2)15-21(14-17)31-28(33)27-26(30)25-23(19-7-5-4-6-8-19)16-24(32-29(25)35-27)20-9-11-22(34-3)12-10-20/h4-16H,30H2,1-3H3,(H,31,33). The molecule has 0 atom stereocenters. The topological polar surface area (TPSA) is 77.2 Å². The zero-order valence-electron chi connectivity index (χ0n) is 19.8. The van der Waals surface area contributed by atoms with Gasteiger partial charge in [-0.1, -0.05) is 36.4 Å². The van der Waals surface area contributed by atoms with Gasteiger partial charge in [-0.25, -0.2) is 4.98 Å². The van der Waals surface area contributed by atoms with Crippen molar-refractivity contribution in [1.29, 1.82) is 0 Å². The van der Waals surface area contributed by atoms with Crippen LogP contribution >= 0.6 is 11.3 Å². The third kappa shape index (κ3) is 4.48. The summed E-state index contributed by atoms with van der Waals surface area (Å²) in [5, 5.41) is 3.81. The number of anilines is 2. The number of amides is 1. The second-order valence-corrected chi connectivity index (χ2v) is 9.50. The van der Waals surface area contributed by atoms with Crippen molar-refractivity contribution in [2.24, 2.45) is 0 Å². The maximum Gasteiger partial charge on any atom is 0.267 e. The van der Waals surface area contributed by atoms with Gasteiger partial charge >= 0.3 is 0 Å². The van der Waals surface area contributed by atoms with E-state index in [2.05, 4.69) is 11.4 Å². The molecule has 0 aliphatic rings. The third-order valence-corrected chi connectivity index (χ3v) is 6.95. The monoisotopic (exact) mass is 479 g/mol. The SMILES string of the molecule is COc1ccc(-c2cc(-c3ccccc3)c3c(N)c(C(=O)Nc4cc(C)cc(C)c4)sc3n2)cc1. The number of pyridine rings is 1. The largest absolute Gasteiger partial charge is 0.497 e. The van der Waals surface area contributed by atoms with Gasteiger partial charge in [-0.15, -0.1) is 11.3 Å². The molecule has 0 aliphatic carbocycles. The molecule has 5 nitrogen and oxygen atoms in total. The first kappa shape index (κ1) is 22.6. The maximum atomic E-state index is 13.3. The van der Waals surface area contributed by atoms with Gasteiger partial charge in [0.05, 0.1) is 18.5 Å². The number of aromatic nitrogens is 1. The minimum atomic E-state index is -0.236. The first-order valence-corrected chi connectivity index (χ1v) is 12.1. The van der Waals surface area contributed by atoms with Gasteiger partial charge in [-0.05, 0) is 78.6 Å². The number of thiophene rings is 1. The quantitative estimate of drug-likeness (QED) is 0.282. The number of hydrogen-bond donors (Lipinski definition) is 2. The lowest BCUT2D eigenvalue weighted by Gasteiger charge is -2.09. The van der Waals surface area contributed by atoms with Gasteiger partial charge in [0.15, 0.2) is 0 Å². The number of carbonyl (C=O) groups is 1. The van der Waals surface area contributed by atoms with Crippen LogP contribution in [0.5, 0.6) is 5.75 Å². The second kappa shape index (κ2) is 9.24. The van der Waals surface area contributed by atoms with Crippen LogP contribution in [-0.2, 0) is 0 Å². The lowest BCUT2D eigenvalue weighted by Crippen LogP contribution is -2.12. The summed E-state index contributed by atoms with van der Waals surface area (Å²) in [6, 6.07) is 25.8. The van der Waals surface area contributed by atoms with Crippen LogP contribution in [0.15, 0.2) is 78.9 Å². The highest BCUT2D eigenvalue weighted by molar-refractivity contribution is 7.21. The van der Waals surface area contributed by atoms with Crippen molar-refractivity contribution in [3.63, 3.8) is 0 Å². The molecule has 5 rings (SSSR count). The van der Waals surface area contributed by atoms with Crippen LogP contribution in [-0.4, -0.2) is 18.0 Å². The van der Waals surface area contributed by atoms with Gasteiger partial charge in [0.2, 0.25) is 0 Å². The number of nitrogen functional groups attached to an aromatic ring is 1. The van der Waals surface area contributed by atoms with Crippen LogP contribution in [0, 0.1) is 13.8 Å². The predicted molar refractivity (Wildman–Crippen MR) is 145 cm³/mol. The second-order valence-electron chi connectivity index (χ2n) is 8.51. The maximum absolute atomic E-state index is 13.3. The Balaban J connectivity index is 1.64. The molecule has 1 amide bonds. The molecule has 0 bridgehead atoms. The van der Waals surface area contributed by atoms with Crippen LogP contribution in [0.4, 0.5) is 11.4 Å². The summed E-state index contributed by atoms with van der Waals surface area (Å²) in [4.78, 5) is 19.4. The Morgan fingerprint density at radius 1 is 0.914 bits per heavy atom. The molecule has 3 aromatic carbocycles. The molecule has 35 heavy (non-hydrogen) atoms. The number of nitrogens with one attached hydrogen (secondary N) is 1. The average molecular weight is 480 g/mol. The smallest absolute Gasteiger partial charge is 0.267 e. The Kier molecular flexibility index (Phi) is 5.97. The summed E-state index contributed by atoms with van der Waals surface area (Å²) in [5.41, 5.74) is 13.7. The molecule has 0 aliphatic heterocycles. The van der Waals surface area contributed by atoms with Crippen molar-refractivity contribution in [1.82, 2.24) is 4.98 Å². The van der Waals surface area contributed by atoms with Gasteiger partial charge in [-0.2, -0.15) is 0 Å². The van der Waals surface area contributed by atoms with Crippen molar-refractivity contribution in [3.05, 3.63) is 94.9 Å². The van der Waals surface area contributed by atoms with E-state index < -0.39 is 0 Å². The normalized spacial score (nSPS) is 10.9. The van der Waals surface area contributed by atoms with Crippen LogP contribution in [0.25, 0.3) is 32.6 Å². The Morgan fingerprint density at radius 3 is 2.26 bits per heavy atom. The minimum Gasteiger partial charge on any atom is -0.497 e. The highest BCUT2D eigenvalue weighted by Crippen LogP contribution is 2.41. The molecule has 6 heteroatoms. The Bertz CT molecular complexity index is 1520. The van der Waals surface area contributed by atoms with Gasteiger partial charge in [-0.3, -0.25) is 4.79 Å². The van der Waals surface area contributed by atoms with Crippen LogP contribution in [0.3, 0.4) is 0 Å². The van der Waals surface area contributed by atoms with Crippen LogP contribution in [0.2, 0.25) is 0 Å². The summed E-state index contributed by atoms with van der Waals surface area (Å²) >= 11 is 1.31. The Hall–Kier alpha value is -4.16. The van der Waals surface area contributed by atoms with E-state index in [9.17, 15) is 4.79 Å². The Labute approximate surface area is 208 Å². The number of methoxy groups -OCH3 is 1. The molecular formula is C29H25N3O2S. The van der Waals surface area contributed by atoms with Gasteiger partial charge < -0.3 is 15.8 Å². The fourth-order valence-electron chi connectivity index (χ4n) is 4.28. The third-order valence-electron chi connectivity index (χ3n) is 5.86. The number of nitrogens with zero attached hydrogens (tertiary/aromatic N) is 1. The number of benzene rings is 3. The van der Waals surface area contributed by atoms with Crippen LogP contribution in [0.1, 0.15) is 20.8 Å². The van der Waals surface area contributed by atoms with E-state index in [0.717, 1.165) is 55.2 Å². The molecule has 0 saturated carbocycles. The lowest BCUT2D eigenvalue weighted by molar-refractivity contribution is 0.103. The summed E-state index contributed by atoms with van der Waals surface area (Å²) in [6.45, 7) is 4.01. The Morgan fingerprint density at radius 2 is 1.60 bits per heavy atom. The first-order chi connectivity index (χ1) is 16.9. The molecule has 0 unspecified atom stereocenters. The molecule has 3 N–H and O–H groups in total.